The van der Waals surface area contributed by atoms with Gasteiger partial charge in [-0.25, -0.2) is 4.79 Å². The summed E-state index contributed by atoms with van der Waals surface area (Å²) in [4.78, 5) is 26.0. The molecular formula is C39H54O6. The van der Waals surface area contributed by atoms with Gasteiger partial charge in [-0.05, 0) is 127 Å². The third-order valence-electron chi connectivity index (χ3n) is 15.0. The first-order chi connectivity index (χ1) is 21.0. The Morgan fingerprint density at radius 3 is 2.31 bits per heavy atom. The molecule has 0 saturated heterocycles. The summed E-state index contributed by atoms with van der Waals surface area (Å²) in [5.41, 5.74) is 1.43. The molecule has 0 spiro atoms. The van der Waals surface area contributed by atoms with Gasteiger partial charge in [0.1, 0.15) is 6.10 Å². The molecule has 4 fully saturated rings. The Hall–Kier alpha value is -2.76. The van der Waals surface area contributed by atoms with Gasteiger partial charge in [-0.2, -0.15) is 0 Å². The zero-order valence-corrected chi connectivity index (χ0v) is 28.4. The van der Waals surface area contributed by atoms with Crippen molar-refractivity contribution in [2.75, 3.05) is 0 Å². The van der Waals surface area contributed by atoms with E-state index < -0.39 is 11.4 Å². The second-order valence-electron chi connectivity index (χ2n) is 17.0. The molecule has 1 aromatic carbocycles. The summed E-state index contributed by atoms with van der Waals surface area (Å²) in [6, 6.07) is 4.46. The van der Waals surface area contributed by atoms with Crippen molar-refractivity contribution in [1.29, 1.82) is 0 Å². The lowest BCUT2D eigenvalue weighted by Gasteiger charge is -2.71. The SMILES string of the molecule is CC1CCC2(C(=O)O)CCC3(C)C(=CCC4C5(C)CCC(OC(=O)C=Cc6ccc(O)c(O)c6)C(C)(C)C5CCC43C)C2C1C. The molecule has 10 atom stereocenters. The first kappa shape index (κ1) is 32.2. The molecule has 0 radical (unpaired) electrons. The molecule has 45 heavy (non-hydrogen) atoms. The number of carbonyl (C=O) groups is 2. The number of rotatable bonds is 4. The zero-order chi connectivity index (χ0) is 32.7. The molecule has 6 rings (SSSR count). The maximum atomic E-state index is 13.0. The summed E-state index contributed by atoms with van der Waals surface area (Å²) in [5.74, 6) is 0.524. The number of aromatic hydroxyl groups is 2. The Balaban J connectivity index is 1.26. The average Bonchev–Trinajstić information content (AvgIpc) is 2.97. The number of carboxylic acids is 1. The summed E-state index contributed by atoms with van der Waals surface area (Å²) in [5, 5.41) is 30.0. The number of benzene rings is 1. The maximum Gasteiger partial charge on any atom is 0.331 e. The third kappa shape index (κ3) is 4.54. The van der Waals surface area contributed by atoms with Crippen LogP contribution in [-0.2, 0) is 14.3 Å². The topological polar surface area (TPSA) is 104 Å². The Labute approximate surface area is 269 Å². The summed E-state index contributed by atoms with van der Waals surface area (Å²) in [7, 11) is 0. The predicted octanol–water partition coefficient (Wildman–Crippen LogP) is 8.77. The largest absolute Gasteiger partial charge is 0.504 e. The number of aliphatic carboxylic acids is 1. The van der Waals surface area contributed by atoms with Gasteiger partial charge in [0.2, 0.25) is 0 Å². The van der Waals surface area contributed by atoms with Gasteiger partial charge in [0.05, 0.1) is 5.41 Å². The Morgan fingerprint density at radius 1 is 0.889 bits per heavy atom. The second kappa shape index (κ2) is 10.6. The van der Waals surface area contributed by atoms with Crippen molar-refractivity contribution in [2.24, 2.45) is 56.7 Å². The highest BCUT2D eigenvalue weighted by molar-refractivity contribution is 5.87. The fourth-order valence-electron chi connectivity index (χ4n) is 12.0. The van der Waals surface area contributed by atoms with Crippen LogP contribution >= 0.6 is 0 Å². The molecule has 6 nitrogen and oxygen atoms in total. The van der Waals surface area contributed by atoms with Crippen LogP contribution in [0.4, 0.5) is 0 Å². The highest BCUT2D eigenvalue weighted by Gasteiger charge is 2.69. The van der Waals surface area contributed by atoms with Crippen molar-refractivity contribution < 1.29 is 29.6 Å². The number of carbonyl (C=O) groups excluding carboxylic acids is 1. The molecule has 1 aromatic rings. The van der Waals surface area contributed by atoms with E-state index in [0.29, 0.717) is 29.2 Å². The number of phenolic OH excluding ortho intramolecular Hbond substituents is 2. The van der Waals surface area contributed by atoms with Crippen molar-refractivity contribution >= 4 is 18.0 Å². The van der Waals surface area contributed by atoms with Crippen molar-refractivity contribution in [2.45, 2.75) is 112 Å². The first-order valence-electron chi connectivity index (χ1n) is 17.4. The standard InChI is InChI=1S/C39H54O6/c1-23-14-19-39(34(43)44)21-20-37(6)26(33(39)24(23)2)10-12-30-36(5)17-16-31(35(3,4)29(36)15-18-38(30,37)7)45-32(42)13-9-25-8-11-27(40)28(41)22-25/h8-11,13,22-24,29-31,33,40-41H,12,14-21H2,1-7H3,(H,43,44). The third-order valence-corrected chi connectivity index (χ3v) is 15.0. The Bertz CT molecular complexity index is 1440. The lowest BCUT2D eigenvalue weighted by Crippen LogP contribution is -2.65. The molecule has 0 heterocycles. The van der Waals surface area contributed by atoms with Crippen molar-refractivity contribution in [1.82, 2.24) is 0 Å². The van der Waals surface area contributed by atoms with Gasteiger partial charge < -0.3 is 20.1 Å². The first-order valence-corrected chi connectivity index (χ1v) is 17.4. The average molecular weight is 619 g/mol. The highest BCUT2D eigenvalue weighted by atomic mass is 16.5. The summed E-state index contributed by atoms with van der Waals surface area (Å²) in [6.07, 6.45) is 13.9. The minimum atomic E-state index is -0.622. The number of esters is 1. The van der Waals surface area contributed by atoms with E-state index in [-0.39, 0.29) is 51.2 Å². The van der Waals surface area contributed by atoms with Crippen LogP contribution in [0.2, 0.25) is 0 Å². The van der Waals surface area contributed by atoms with Crippen LogP contribution in [0.25, 0.3) is 6.08 Å². The van der Waals surface area contributed by atoms with Crippen LogP contribution < -0.4 is 0 Å². The maximum absolute atomic E-state index is 13.0. The van der Waals surface area contributed by atoms with Gasteiger partial charge in [0.15, 0.2) is 11.5 Å². The molecule has 4 saturated carbocycles. The molecule has 5 aliphatic carbocycles. The van der Waals surface area contributed by atoms with Crippen LogP contribution in [0.15, 0.2) is 35.9 Å². The molecule has 5 aliphatic rings. The molecular weight excluding hydrogens is 564 g/mol. The minimum Gasteiger partial charge on any atom is -0.504 e. The van der Waals surface area contributed by atoms with Crippen LogP contribution in [0.3, 0.4) is 0 Å². The number of carboxylic acid groups (broad SMARTS) is 1. The monoisotopic (exact) mass is 618 g/mol. The van der Waals surface area contributed by atoms with E-state index in [0.717, 1.165) is 57.8 Å². The predicted molar refractivity (Wildman–Crippen MR) is 175 cm³/mol. The molecule has 6 heteroatoms. The number of allylic oxidation sites excluding steroid dienone is 2. The number of hydrogen-bond acceptors (Lipinski definition) is 5. The minimum absolute atomic E-state index is 0.0141. The zero-order valence-electron chi connectivity index (χ0n) is 28.4. The van der Waals surface area contributed by atoms with E-state index in [1.807, 2.05) is 0 Å². The molecule has 0 aliphatic heterocycles. The molecule has 10 unspecified atom stereocenters. The molecule has 3 N–H and O–H groups in total. The van der Waals surface area contributed by atoms with Crippen LogP contribution in [0, 0.1) is 56.7 Å². The van der Waals surface area contributed by atoms with Crippen LogP contribution in [0.1, 0.15) is 112 Å². The number of fused-ring (bicyclic) bond motifs is 7. The summed E-state index contributed by atoms with van der Waals surface area (Å²) in [6.45, 7) is 16.8. The second-order valence-corrected chi connectivity index (χ2v) is 17.0. The van der Waals surface area contributed by atoms with E-state index in [2.05, 4.69) is 54.5 Å². The van der Waals surface area contributed by atoms with E-state index in [1.54, 1.807) is 12.1 Å². The van der Waals surface area contributed by atoms with E-state index in [9.17, 15) is 24.9 Å². The highest BCUT2D eigenvalue weighted by Crippen LogP contribution is 2.75. The number of hydrogen-bond donors (Lipinski definition) is 3. The molecule has 0 aromatic heterocycles. The van der Waals surface area contributed by atoms with Crippen LogP contribution in [-0.4, -0.2) is 33.4 Å². The van der Waals surface area contributed by atoms with Crippen LogP contribution in [0.5, 0.6) is 11.5 Å². The van der Waals surface area contributed by atoms with E-state index in [1.165, 1.54) is 23.8 Å². The van der Waals surface area contributed by atoms with Gasteiger partial charge in [-0.3, -0.25) is 4.79 Å². The van der Waals surface area contributed by atoms with Crippen molar-refractivity contribution in [3.8, 4) is 11.5 Å². The Kier molecular flexibility index (Phi) is 7.61. The molecule has 0 bridgehead atoms. The van der Waals surface area contributed by atoms with Gasteiger partial charge in [-0.15, -0.1) is 0 Å². The van der Waals surface area contributed by atoms with Crippen molar-refractivity contribution in [3.63, 3.8) is 0 Å². The van der Waals surface area contributed by atoms with Gasteiger partial charge in [0, 0.05) is 11.5 Å². The van der Waals surface area contributed by atoms with Crippen molar-refractivity contribution in [3.05, 3.63) is 41.5 Å². The summed E-state index contributed by atoms with van der Waals surface area (Å²) < 4.78 is 6.15. The fraction of sp³-hybridized carbons (Fsp3) is 0.692. The normalized spacial score (nSPS) is 43.7. The smallest absolute Gasteiger partial charge is 0.331 e. The number of phenols is 2. The quantitative estimate of drug-likeness (QED) is 0.135. The molecule has 246 valence electrons. The van der Waals surface area contributed by atoms with Gasteiger partial charge in [0.25, 0.3) is 0 Å². The lowest BCUT2D eigenvalue weighted by molar-refractivity contribution is -0.213. The summed E-state index contributed by atoms with van der Waals surface area (Å²) >= 11 is 0. The molecule has 0 amide bonds. The lowest BCUT2D eigenvalue weighted by atomic mass is 9.33. The number of ether oxygens (including phenoxy) is 1. The van der Waals surface area contributed by atoms with Gasteiger partial charge >= 0.3 is 11.9 Å². The Morgan fingerprint density at radius 2 is 1.62 bits per heavy atom. The van der Waals surface area contributed by atoms with E-state index in [4.69, 9.17) is 4.74 Å². The fourth-order valence-corrected chi connectivity index (χ4v) is 12.0. The van der Waals surface area contributed by atoms with Gasteiger partial charge in [-0.1, -0.05) is 66.2 Å². The van der Waals surface area contributed by atoms with E-state index >= 15 is 0 Å².